The van der Waals surface area contributed by atoms with Crippen LogP contribution >= 0.6 is 0 Å². The Bertz CT molecular complexity index is 878. The standard InChI is InChI=1S/C20H25FN6O3/c1-23-9-11-24(12-10-23)19-8-7-17(27(28)29)20(22-19)26(16-5-3-2-4-6-16)25-13-14-30-15-18(25)21/h2-8,18H,9-15H2,1H3. The first-order valence-electron chi connectivity index (χ1n) is 9.97. The minimum absolute atomic E-state index is 0.102. The highest BCUT2D eigenvalue weighted by molar-refractivity contribution is 5.69. The molecule has 0 aliphatic carbocycles. The maximum Gasteiger partial charge on any atom is 0.313 e. The smallest absolute Gasteiger partial charge is 0.313 e. The molecule has 30 heavy (non-hydrogen) atoms. The number of hydrazine groups is 1. The molecule has 9 nitrogen and oxygen atoms in total. The summed E-state index contributed by atoms with van der Waals surface area (Å²) in [6.07, 6.45) is -1.44. The molecule has 2 fully saturated rings. The molecule has 0 N–H and O–H groups in total. The van der Waals surface area contributed by atoms with E-state index in [-0.39, 0.29) is 24.7 Å². The van der Waals surface area contributed by atoms with E-state index in [2.05, 4.69) is 21.8 Å². The molecular weight excluding hydrogens is 391 g/mol. The van der Waals surface area contributed by atoms with Crippen LogP contribution in [0.5, 0.6) is 0 Å². The van der Waals surface area contributed by atoms with Crippen molar-refractivity contribution >= 4 is 23.0 Å². The predicted octanol–water partition coefficient (Wildman–Crippen LogP) is 2.42. The SMILES string of the molecule is CN1CCN(c2ccc([N+](=O)[O-])c(N(c3ccccc3)N3CCOCC3F)n2)CC1. The summed E-state index contributed by atoms with van der Waals surface area (Å²) in [4.78, 5) is 20.4. The highest BCUT2D eigenvalue weighted by Crippen LogP contribution is 2.36. The van der Waals surface area contributed by atoms with Crippen LogP contribution in [-0.4, -0.2) is 79.1 Å². The number of para-hydroxylation sites is 1. The van der Waals surface area contributed by atoms with Crippen LogP contribution < -0.4 is 9.91 Å². The van der Waals surface area contributed by atoms with E-state index in [1.165, 1.54) is 16.1 Å². The summed E-state index contributed by atoms with van der Waals surface area (Å²) >= 11 is 0. The van der Waals surface area contributed by atoms with Gasteiger partial charge in [0.1, 0.15) is 5.82 Å². The van der Waals surface area contributed by atoms with E-state index in [0.29, 0.717) is 18.1 Å². The first-order chi connectivity index (χ1) is 14.5. The molecule has 0 saturated carbocycles. The zero-order valence-corrected chi connectivity index (χ0v) is 16.9. The van der Waals surface area contributed by atoms with Crippen LogP contribution in [0.1, 0.15) is 0 Å². The fourth-order valence-electron chi connectivity index (χ4n) is 3.69. The summed E-state index contributed by atoms with van der Waals surface area (Å²) in [5.74, 6) is 0.750. The summed E-state index contributed by atoms with van der Waals surface area (Å²) in [6, 6.07) is 12.2. The molecule has 4 rings (SSSR count). The second-order valence-electron chi connectivity index (χ2n) is 7.38. The van der Waals surface area contributed by atoms with Gasteiger partial charge >= 0.3 is 5.69 Å². The molecule has 0 bridgehead atoms. The lowest BCUT2D eigenvalue weighted by atomic mass is 10.2. The Labute approximate surface area is 174 Å². The van der Waals surface area contributed by atoms with Crippen LogP contribution in [0.4, 0.5) is 27.4 Å². The topological polar surface area (TPSA) is 78.2 Å². The Morgan fingerprint density at radius 3 is 2.53 bits per heavy atom. The summed E-state index contributed by atoms with van der Waals surface area (Å²) in [7, 11) is 2.06. The molecule has 3 heterocycles. The van der Waals surface area contributed by atoms with E-state index < -0.39 is 11.2 Å². The number of aromatic nitrogens is 1. The molecule has 0 amide bonds. The van der Waals surface area contributed by atoms with E-state index in [1.54, 1.807) is 18.2 Å². The molecular formula is C20H25FN6O3. The Kier molecular flexibility index (Phi) is 6.07. The number of hydrogen-bond donors (Lipinski definition) is 0. The maximum atomic E-state index is 14.8. The van der Waals surface area contributed by atoms with Crippen molar-refractivity contribution in [3.05, 3.63) is 52.6 Å². The van der Waals surface area contributed by atoms with Crippen molar-refractivity contribution in [2.75, 3.05) is 62.9 Å². The van der Waals surface area contributed by atoms with E-state index in [1.807, 2.05) is 18.2 Å². The van der Waals surface area contributed by atoms with Crippen LogP contribution in [0.15, 0.2) is 42.5 Å². The van der Waals surface area contributed by atoms with Crippen molar-refractivity contribution in [3.63, 3.8) is 0 Å². The molecule has 160 valence electrons. The number of alkyl halides is 1. The highest BCUT2D eigenvalue weighted by atomic mass is 19.1. The number of ether oxygens (including phenoxy) is 1. The molecule has 0 spiro atoms. The van der Waals surface area contributed by atoms with Crippen molar-refractivity contribution in [1.29, 1.82) is 0 Å². The number of nitrogens with zero attached hydrogens (tertiary/aromatic N) is 6. The summed E-state index contributed by atoms with van der Waals surface area (Å²) in [6.45, 7) is 3.79. The molecule has 1 unspecified atom stereocenters. The second kappa shape index (κ2) is 8.90. The van der Waals surface area contributed by atoms with Crippen molar-refractivity contribution in [3.8, 4) is 0 Å². The minimum Gasteiger partial charge on any atom is -0.376 e. The molecule has 2 aromatic rings. The zero-order valence-electron chi connectivity index (χ0n) is 16.9. The van der Waals surface area contributed by atoms with Crippen molar-refractivity contribution in [2.24, 2.45) is 0 Å². The average molecular weight is 416 g/mol. The number of likely N-dealkylation sites (N-methyl/N-ethyl adjacent to an activating group) is 1. The number of hydrogen-bond acceptors (Lipinski definition) is 8. The number of pyridine rings is 1. The summed E-state index contributed by atoms with van der Waals surface area (Å²) in [5, 5.41) is 14.8. The summed E-state index contributed by atoms with van der Waals surface area (Å²) < 4.78 is 20.1. The van der Waals surface area contributed by atoms with Crippen molar-refractivity contribution < 1.29 is 14.1 Å². The van der Waals surface area contributed by atoms with Gasteiger partial charge in [-0.2, -0.15) is 5.01 Å². The van der Waals surface area contributed by atoms with E-state index in [0.717, 1.165) is 26.2 Å². The molecule has 1 aromatic carbocycles. The van der Waals surface area contributed by atoms with Crippen LogP contribution in [0.25, 0.3) is 0 Å². The number of nitro groups is 1. The Balaban J connectivity index is 1.79. The maximum absolute atomic E-state index is 14.8. The fraction of sp³-hybridized carbons (Fsp3) is 0.450. The van der Waals surface area contributed by atoms with E-state index >= 15 is 0 Å². The number of piperazine rings is 1. The molecule has 2 aliphatic rings. The Hall–Kier alpha value is -2.82. The molecule has 0 radical (unpaired) electrons. The minimum atomic E-state index is -1.44. The van der Waals surface area contributed by atoms with Gasteiger partial charge in [-0.1, -0.05) is 18.2 Å². The molecule has 2 aliphatic heterocycles. The van der Waals surface area contributed by atoms with Gasteiger partial charge in [-0.05, 0) is 25.2 Å². The van der Waals surface area contributed by atoms with Gasteiger partial charge in [0.2, 0.25) is 5.82 Å². The number of benzene rings is 1. The number of morpholine rings is 1. The Morgan fingerprint density at radius 2 is 1.87 bits per heavy atom. The van der Waals surface area contributed by atoms with E-state index in [4.69, 9.17) is 4.74 Å². The normalized spacial score (nSPS) is 20.9. The first kappa shape index (κ1) is 20.5. The zero-order chi connectivity index (χ0) is 21.1. The van der Waals surface area contributed by atoms with Gasteiger partial charge in [0.25, 0.3) is 0 Å². The molecule has 1 aromatic heterocycles. The second-order valence-corrected chi connectivity index (χ2v) is 7.38. The highest BCUT2D eigenvalue weighted by Gasteiger charge is 2.34. The van der Waals surface area contributed by atoms with Gasteiger partial charge in [0.05, 0.1) is 23.8 Å². The van der Waals surface area contributed by atoms with Gasteiger partial charge in [0.15, 0.2) is 6.30 Å². The predicted molar refractivity (Wildman–Crippen MR) is 112 cm³/mol. The number of rotatable bonds is 5. The van der Waals surface area contributed by atoms with Crippen LogP contribution in [0, 0.1) is 10.1 Å². The van der Waals surface area contributed by atoms with Gasteiger partial charge in [-0.3, -0.25) is 10.1 Å². The largest absolute Gasteiger partial charge is 0.376 e. The van der Waals surface area contributed by atoms with Gasteiger partial charge in [0, 0.05) is 38.8 Å². The summed E-state index contributed by atoms with van der Waals surface area (Å²) in [5.41, 5.74) is 0.434. The van der Waals surface area contributed by atoms with Crippen LogP contribution in [0.2, 0.25) is 0 Å². The number of halogens is 1. The molecule has 1 atom stereocenters. The lowest BCUT2D eigenvalue weighted by molar-refractivity contribution is -0.384. The monoisotopic (exact) mass is 416 g/mol. The Morgan fingerprint density at radius 1 is 1.13 bits per heavy atom. The van der Waals surface area contributed by atoms with Crippen LogP contribution in [-0.2, 0) is 4.74 Å². The first-order valence-corrected chi connectivity index (χ1v) is 9.97. The lowest BCUT2D eigenvalue weighted by Gasteiger charge is -2.40. The number of anilines is 3. The van der Waals surface area contributed by atoms with Crippen molar-refractivity contribution in [2.45, 2.75) is 6.30 Å². The molecule has 10 heteroatoms. The lowest BCUT2D eigenvalue weighted by Crippen LogP contribution is -2.52. The quantitative estimate of drug-likeness (QED) is 0.418. The van der Waals surface area contributed by atoms with Gasteiger partial charge in [-0.15, -0.1) is 0 Å². The fourth-order valence-corrected chi connectivity index (χ4v) is 3.69. The van der Waals surface area contributed by atoms with Crippen molar-refractivity contribution in [1.82, 2.24) is 14.9 Å². The average Bonchev–Trinajstić information content (AvgIpc) is 2.76. The third-order valence-corrected chi connectivity index (χ3v) is 5.37. The van der Waals surface area contributed by atoms with Crippen LogP contribution in [0.3, 0.4) is 0 Å². The molecule has 2 saturated heterocycles. The van der Waals surface area contributed by atoms with Gasteiger partial charge in [-0.25, -0.2) is 14.4 Å². The van der Waals surface area contributed by atoms with Gasteiger partial charge < -0.3 is 14.5 Å². The van der Waals surface area contributed by atoms with E-state index in [9.17, 15) is 14.5 Å². The third kappa shape index (κ3) is 4.20. The third-order valence-electron chi connectivity index (χ3n) is 5.37.